The summed E-state index contributed by atoms with van der Waals surface area (Å²) in [5.74, 6) is -0.616. The van der Waals surface area contributed by atoms with E-state index >= 15 is 0 Å². The Kier molecular flexibility index (Phi) is 4.74. The van der Waals surface area contributed by atoms with Crippen LogP contribution in [-0.2, 0) is 6.54 Å². The molecule has 8 heteroatoms. The highest BCUT2D eigenvalue weighted by Gasteiger charge is 2.36. The molecular weight excluding hydrogens is 445 g/mol. The molecule has 170 valence electrons. The molecule has 0 atom stereocenters. The van der Waals surface area contributed by atoms with Crippen molar-refractivity contribution < 1.29 is 14.0 Å². The van der Waals surface area contributed by atoms with E-state index in [1.54, 1.807) is 51.8 Å². The summed E-state index contributed by atoms with van der Waals surface area (Å²) in [6, 6.07) is 20.3. The molecule has 6 rings (SSSR count). The maximum Gasteiger partial charge on any atom is 0.214 e. The minimum atomic E-state index is -0.391. The number of fused-ring (bicyclic) bond motifs is 2. The first-order chi connectivity index (χ1) is 17.0. The SMILES string of the molecule is Cc1ccc(-n2cc(Cn3c(-c4ccc(F)cc4)nc4c3C(=O)c3ccccc3C4=O)nn2)cc1. The Bertz CT molecular complexity index is 1610. The number of halogens is 1. The molecule has 0 aliphatic heterocycles. The lowest BCUT2D eigenvalue weighted by atomic mass is 9.90. The molecular formula is C27H18FN5O2. The van der Waals surface area contributed by atoms with Crippen molar-refractivity contribution in [1.29, 1.82) is 0 Å². The largest absolute Gasteiger partial charge is 0.314 e. The zero-order valence-corrected chi connectivity index (χ0v) is 18.6. The quantitative estimate of drug-likeness (QED) is 0.387. The van der Waals surface area contributed by atoms with E-state index in [0.29, 0.717) is 28.2 Å². The van der Waals surface area contributed by atoms with Gasteiger partial charge in [0.25, 0.3) is 0 Å². The van der Waals surface area contributed by atoms with Crippen LogP contribution in [0.5, 0.6) is 0 Å². The van der Waals surface area contributed by atoms with Crippen LogP contribution in [-0.4, -0.2) is 36.1 Å². The lowest BCUT2D eigenvalue weighted by molar-refractivity contribution is 0.0971. The van der Waals surface area contributed by atoms with Crippen molar-refractivity contribution in [2.24, 2.45) is 0 Å². The third-order valence-corrected chi connectivity index (χ3v) is 6.08. The van der Waals surface area contributed by atoms with Gasteiger partial charge in [-0.25, -0.2) is 14.1 Å². The number of rotatable bonds is 4. The number of hydrogen-bond donors (Lipinski definition) is 0. The molecule has 7 nitrogen and oxygen atoms in total. The fourth-order valence-electron chi connectivity index (χ4n) is 4.31. The zero-order chi connectivity index (χ0) is 24.1. The van der Waals surface area contributed by atoms with Gasteiger partial charge in [0.15, 0.2) is 0 Å². The van der Waals surface area contributed by atoms with Gasteiger partial charge in [0.2, 0.25) is 11.6 Å². The second-order valence-electron chi connectivity index (χ2n) is 8.42. The van der Waals surface area contributed by atoms with E-state index in [1.807, 2.05) is 31.2 Å². The molecule has 0 unspecified atom stereocenters. The predicted octanol–water partition coefficient (Wildman–Crippen LogP) is 4.40. The molecule has 2 aromatic heterocycles. The first-order valence-corrected chi connectivity index (χ1v) is 11.0. The molecule has 3 aromatic carbocycles. The second kappa shape index (κ2) is 7.95. The summed E-state index contributed by atoms with van der Waals surface area (Å²) in [7, 11) is 0. The van der Waals surface area contributed by atoms with E-state index in [-0.39, 0.29) is 29.5 Å². The number of hydrogen-bond acceptors (Lipinski definition) is 5. The van der Waals surface area contributed by atoms with Crippen molar-refractivity contribution in [3.05, 3.63) is 119 Å². The molecule has 0 spiro atoms. The molecule has 0 saturated heterocycles. The average Bonchev–Trinajstić information content (AvgIpc) is 3.49. The summed E-state index contributed by atoms with van der Waals surface area (Å²) in [6.45, 7) is 2.16. The Labute approximate surface area is 199 Å². The van der Waals surface area contributed by atoms with Crippen molar-refractivity contribution in [3.63, 3.8) is 0 Å². The van der Waals surface area contributed by atoms with Gasteiger partial charge in [0, 0.05) is 16.7 Å². The first-order valence-electron chi connectivity index (χ1n) is 11.0. The lowest BCUT2D eigenvalue weighted by Crippen LogP contribution is -2.23. The van der Waals surface area contributed by atoms with Crippen LogP contribution >= 0.6 is 0 Å². The highest BCUT2D eigenvalue weighted by Crippen LogP contribution is 2.32. The molecule has 35 heavy (non-hydrogen) atoms. The fourth-order valence-corrected chi connectivity index (χ4v) is 4.31. The summed E-state index contributed by atoms with van der Waals surface area (Å²) in [5.41, 5.74) is 4.07. The number of nitrogens with zero attached hydrogens (tertiary/aromatic N) is 5. The fraction of sp³-hybridized carbons (Fsp3) is 0.0741. The Balaban J connectivity index is 1.48. The van der Waals surface area contributed by atoms with E-state index in [2.05, 4.69) is 15.3 Å². The summed E-state index contributed by atoms with van der Waals surface area (Å²) < 4.78 is 16.9. The van der Waals surface area contributed by atoms with E-state index in [0.717, 1.165) is 11.3 Å². The number of ketones is 2. The van der Waals surface area contributed by atoms with Crippen LogP contribution in [0.4, 0.5) is 4.39 Å². The molecule has 0 bridgehead atoms. The van der Waals surface area contributed by atoms with Gasteiger partial charge < -0.3 is 4.57 Å². The Morgan fingerprint density at radius 2 is 1.54 bits per heavy atom. The summed E-state index contributed by atoms with van der Waals surface area (Å²) in [6.07, 6.45) is 1.77. The molecule has 5 aromatic rings. The van der Waals surface area contributed by atoms with Gasteiger partial charge in [-0.15, -0.1) is 5.10 Å². The molecule has 2 heterocycles. The minimum absolute atomic E-state index is 0.0824. The third kappa shape index (κ3) is 3.47. The van der Waals surface area contributed by atoms with Crippen LogP contribution in [0.1, 0.15) is 43.4 Å². The number of carbonyl (C=O) groups is 2. The van der Waals surface area contributed by atoms with Gasteiger partial charge >= 0.3 is 0 Å². The van der Waals surface area contributed by atoms with Crippen LogP contribution in [0, 0.1) is 12.7 Å². The Hall–Kier alpha value is -4.72. The molecule has 0 saturated carbocycles. The molecule has 0 amide bonds. The van der Waals surface area contributed by atoms with Crippen molar-refractivity contribution >= 4 is 11.6 Å². The molecule has 0 fully saturated rings. The van der Waals surface area contributed by atoms with E-state index in [9.17, 15) is 14.0 Å². The molecule has 0 radical (unpaired) electrons. The number of benzene rings is 3. The maximum absolute atomic E-state index is 13.6. The average molecular weight is 463 g/mol. The second-order valence-corrected chi connectivity index (χ2v) is 8.42. The summed E-state index contributed by atoms with van der Waals surface area (Å²) in [4.78, 5) is 31.3. The van der Waals surface area contributed by atoms with Crippen molar-refractivity contribution in [2.75, 3.05) is 0 Å². The van der Waals surface area contributed by atoms with E-state index in [1.165, 1.54) is 12.1 Å². The van der Waals surface area contributed by atoms with Crippen molar-refractivity contribution in [2.45, 2.75) is 13.5 Å². The highest BCUT2D eigenvalue weighted by atomic mass is 19.1. The van der Waals surface area contributed by atoms with Gasteiger partial charge in [-0.1, -0.05) is 47.2 Å². The molecule has 0 N–H and O–H groups in total. The smallest absolute Gasteiger partial charge is 0.214 e. The molecule has 1 aliphatic carbocycles. The van der Waals surface area contributed by atoms with Crippen LogP contribution < -0.4 is 0 Å². The maximum atomic E-state index is 13.6. The minimum Gasteiger partial charge on any atom is -0.314 e. The number of aromatic nitrogens is 5. The molecule has 1 aliphatic rings. The van der Waals surface area contributed by atoms with Gasteiger partial charge in [-0.05, 0) is 43.3 Å². The van der Waals surface area contributed by atoms with Gasteiger partial charge in [0.1, 0.15) is 28.7 Å². The van der Waals surface area contributed by atoms with Crippen LogP contribution in [0.2, 0.25) is 0 Å². The first kappa shape index (κ1) is 20.9. The Morgan fingerprint density at radius 1 is 0.857 bits per heavy atom. The lowest BCUT2D eigenvalue weighted by Gasteiger charge is -2.16. The van der Waals surface area contributed by atoms with Crippen LogP contribution in [0.15, 0.2) is 79.0 Å². The summed E-state index contributed by atoms with van der Waals surface area (Å²) >= 11 is 0. The third-order valence-electron chi connectivity index (χ3n) is 6.08. The predicted molar refractivity (Wildman–Crippen MR) is 126 cm³/mol. The van der Waals surface area contributed by atoms with Crippen LogP contribution in [0.3, 0.4) is 0 Å². The normalized spacial score (nSPS) is 12.5. The zero-order valence-electron chi connectivity index (χ0n) is 18.6. The van der Waals surface area contributed by atoms with Gasteiger partial charge in [-0.2, -0.15) is 0 Å². The van der Waals surface area contributed by atoms with Crippen molar-refractivity contribution in [1.82, 2.24) is 24.5 Å². The topological polar surface area (TPSA) is 82.7 Å². The van der Waals surface area contributed by atoms with Crippen LogP contribution in [0.25, 0.3) is 17.1 Å². The Morgan fingerprint density at radius 3 is 2.26 bits per heavy atom. The number of aryl methyl sites for hydroxylation is 1. The van der Waals surface area contributed by atoms with E-state index < -0.39 is 5.82 Å². The number of imidazole rings is 1. The highest BCUT2D eigenvalue weighted by molar-refractivity contribution is 6.27. The van der Waals surface area contributed by atoms with E-state index in [4.69, 9.17) is 0 Å². The monoisotopic (exact) mass is 463 g/mol. The van der Waals surface area contributed by atoms with Gasteiger partial charge in [0.05, 0.1) is 18.4 Å². The van der Waals surface area contributed by atoms with Crippen molar-refractivity contribution in [3.8, 4) is 17.1 Å². The summed E-state index contributed by atoms with van der Waals surface area (Å²) in [5, 5.41) is 8.51. The number of carbonyl (C=O) groups excluding carboxylic acids is 2. The van der Waals surface area contributed by atoms with Gasteiger partial charge in [-0.3, -0.25) is 9.59 Å². The standard InChI is InChI=1S/C27H18FN5O2/c1-16-6-12-20(13-7-16)33-15-19(30-31-33)14-32-24-23(29-27(32)17-8-10-18(28)11-9-17)25(34)21-4-2-3-5-22(21)26(24)35/h2-13,15H,14H2,1H3.